The van der Waals surface area contributed by atoms with E-state index >= 15 is 0 Å². The van der Waals surface area contributed by atoms with E-state index in [9.17, 15) is 4.79 Å². The van der Waals surface area contributed by atoms with Crippen LogP contribution in [0.2, 0.25) is 0 Å². The van der Waals surface area contributed by atoms with Crippen LogP contribution >= 0.6 is 11.3 Å². The fraction of sp³-hybridized carbons (Fsp3) is 0.250. The van der Waals surface area contributed by atoms with Gasteiger partial charge in [0, 0.05) is 17.6 Å². The molecule has 0 aromatic carbocycles. The molecule has 0 saturated carbocycles. The third-order valence-corrected chi connectivity index (χ3v) is 2.11. The van der Waals surface area contributed by atoms with Gasteiger partial charge in [-0.2, -0.15) is 0 Å². The van der Waals surface area contributed by atoms with Gasteiger partial charge in [0.1, 0.15) is 0 Å². The fourth-order valence-electron chi connectivity index (χ4n) is 0.663. The first-order chi connectivity index (χ1) is 5.74. The zero-order valence-electron chi connectivity index (χ0n) is 6.78. The summed E-state index contributed by atoms with van der Waals surface area (Å²) in [5, 5.41) is 4.98. The van der Waals surface area contributed by atoms with Crippen molar-refractivity contribution in [3.63, 3.8) is 0 Å². The summed E-state index contributed by atoms with van der Waals surface area (Å²) in [4.78, 5) is 15.1. The average Bonchev–Trinajstić information content (AvgIpc) is 2.56. The fourth-order valence-corrected chi connectivity index (χ4v) is 1.20. The Morgan fingerprint density at radius 2 is 2.67 bits per heavy atom. The SMILES string of the molecule is C=CC(C)NC(=O)c1nccs1. The third kappa shape index (κ3) is 2.17. The van der Waals surface area contributed by atoms with Crippen LogP contribution in [0, 0.1) is 0 Å². The van der Waals surface area contributed by atoms with Crippen molar-refractivity contribution in [1.82, 2.24) is 10.3 Å². The van der Waals surface area contributed by atoms with Crippen LogP contribution < -0.4 is 5.32 Å². The molecule has 1 amide bonds. The molecule has 64 valence electrons. The number of carbonyl (C=O) groups excluding carboxylic acids is 1. The molecule has 0 saturated heterocycles. The first-order valence-electron chi connectivity index (χ1n) is 3.57. The maximum Gasteiger partial charge on any atom is 0.280 e. The van der Waals surface area contributed by atoms with Crippen molar-refractivity contribution in [2.24, 2.45) is 0 Å². The number of hydrogen-bond donors (Lipinski definition) is 1. The van der Waals surface area contributed by atoms with Crippen LogP contribution in [0.15, 0.2) is 24.2 Å². The molecule has 12 heavy (non-hydrogen) atoms. The van der Waals surface area contributed by atoms with Gasteiger partial charge in [-0.3, -0.25) is 4.79 Å². The molecule has 1 aromatic rings. The minimum absolute atomic E-state index is 0.0126. The van der Waals surface area contributed by atoms with E-state index < -0.39 is 0 Å². The highest BCUT2D eigenvalue weighted by atomic mass is 32.1. The number of amides is 1. The lowest BCUT2D eigenvalue weighted by Gasteiger charge is -2.05. The predicted molar refractivity (Wildman–Crippen MR) is 49.2 cm³/mol. The van der Waals surface area contributed by atoms with Gasteiger partial charge in [-0.15, -0.1) is 17.9 Å². The van der Waals surface area contributed by atoms with Crippen molar-refractivity contribution < 1.29 is 4.79 Å². The molecule has 4 heteroatoms. The molecule has 1 rings (SSSR count). The highest BCUT2D eigenvalue weighted by Gasteiger charge is 2.08. The van der Waals surface area contributed by atoms with Crippen LogP contribution in [0.25, 0.3) is 0 Å². The van der Waals surface area contributed by atoms with E-state index in [1.807, 2.05) is 6.92 Å². The predicted octanol–water partition coefficient (Wildman–Crippen LogP) is 1.45. The van der Waals surface area contributed by atoms with Gasteiger partial charge < -0.3 is 5.32 Å². The average molecular weight is 182 g/mol. The van der Waals surface area contributed by atoms with Gasteiger partial charge in [0.25, 0.3) is 5.91 Å². The number of nitrogens with one attached hydrogen (secondary N) is 1. The minimum atomic E-state index is -0.141. The van der Waals surface area contributed by atoms with Gasteiger partial charge >= 0.3 is 0 Å². The smallest absolute Gasteiger partial charge is 0.280 e. The number of hydrogen-bond acceptors (Lipinski definition) is 3. The van der Waals surface area contributed by atoms with E-state index in [4.69, 9.17) is 0 Å². The summed E-state index contributed by atoms with van der Waals surface area (Å²) < 4.78 is 0. The number of carbonyl (C=O) groups is 1. The normalized spacial score (nSPS) is 12.1. The second-order valence-electron chi connectivity index (χ2n) is 2.34. The van der Waals surface area contributed by atoms with E-state index in [1.54, 1.807) is 17.7 Å². The van der Waals surface area contributed by atoms with Crippen molar-refractivity contribution in [2.75, 3.05) is 0 Å². The maximum absolute atomic E-state index is 11.3. The molecule has 0 bridgehead atoms. The Bertz CT molecular complexity index is 269. The first kappa shape index (κ1) is 8.93. The molecule has 1 atom stereocenters. The Hall–Kier alpha value is -1.16. The second kappa shape index (κ2) is 4.01. The number of thiazole rings is 1. The van der Waals surface area contributed by atoms with Crippen LogP contribution in [0.5, 0.6) is 0 Å². The van der Waals surface area contributed by atoms with Crippen molar-refractivity contribution >= 4 is 17.2 Å². The molecule has 0 fully saturated rings. The summed E-state index contributed by atoms with van der Waals surface area (Å²) in [6.07, 6.45) is 3.28. The quantitative estimate of drug-likeness (QED) is 0.719. The van der Waals surface area contributed by atoms with E-state index in [0.717, 1.165) is 0 Å². The largest absolute Gasteiger partial charge is 0.344 e. The molecule has 0 aliphatic heterocycles. The molecule has 0 aliphatic carbocycles. The molecule has 1 N–H and O–H groups in total. The lowest BCUT2D eigenvalue weighted by Crippen LogP contribution is -2.30. The molecule has 3 nitrogen and oxygen atoms in total. The summed E-state index contributed by atoms with van der Waals surface area (Å²) in [6, 6.07) is -0.0126. The molecule has 1 aromatic heterocycles. The first-order valence-corrected chi connectivity index (χ1v) is 4.45. The van der Waals surface area contributed by atoms with Crippen LogP contribution in [0.4, 0.5) is 0 Å². The van der Waals surface area contributed by atoms with Gasteiger partial charge in [-0.1, -0.05) is 6.08 Å². The Balaban J connectivity index is 2.55. The summed E-state index contributed by atoms with van der Waals surface area (Å²) in [5.41, 5.74) is 0. The minimum Gasteiger partial charge on any atom is -0.344 e. The Morgan fingerprint density at radius 3 is 3.17 bits per heavy atom. The lowest BCUT2D eigenvalue weighted by atomic mass is 10.3. The van der Waals surface area contributed by atoms with Gasteiger partial charge in [0.05, 0.1) is 0 Å². The summed E-state index contributed by atoms with van der Waals surface area (Å²) >= 11 is 1.33. The molecular formula is C8H10N2OS. The van der Waals surface area contributed by atoms with Gasteiger partial charge in [0.2, 0.25) is 0 Å². The van der Waals surface area contributed by atoms with Crippen LogP contribution in [0.1, 0.15) is 16.7 Å². The van der Waals surface area contributed by atoms with Crippen molar-refractivity contribution in [1.29, 1.82) is 0 Å². The summed E-state index contributed by atoms with van der Waals surface area (Å²) in [6.45, 7) is 5.42. The number of nitrogens with zero attached hydrogens (tertiary/aromatic N) is 1. The molecule has 1 heterocycles. The van der Waals surface area contributed by atoms with Crippen LogP contribution in [-0.4, -0.2) is 16.9 Å². The summed E-state index contributed by atoms with van der Waals surface area (Å²) in [7, 11) is 0. The Morgan fingerprint density at radius 1 is 1.92 bits per heavy atom. The van der Waals surface area contributed by atoms with Crippen LogP contribution in [0.3, 0.4) is 0 Å². The van der Waals surface area contributed by atoms with Crippen molar-refractivity contribution in [2.45, 2.75) is 13.0 Å². The van der Waals surface area contributed by atoms with E-state index in [0.29, 0.717) is 5.01 Å². The third-order valence-electron chi connectivity index (χ3n) is 1.34. The highest BCUT2D eigenvalue weighted by molar-refractivity contribution is 7.11. The standard InChI is InChI=1S/C8H10N2OS/c1-3-6(2)10-7(11)8-9-4-5-12-8/h3-6H,1H2,2H3,(H,10,11). The monoisotopic (exact) mass is 182 g/mol. The van der Waals surface area contributed by atoms with Gasteiger partial charge in [-0.25, -0.2) is 4.98 Å². The van der Waals surface area contributed by atoms with Crippen molar-refractivity contribution in [3.05, 3.63) is 29.2 Å². The maximum atomic E-state index is 11.3. The molecule has 0 radical (unpaired) electrons. The zero-order valence-corrected chi connectivity index (χ0v) is 7.60. The van der Waals surface area contributed by atoms with E-state index in [-0.39, 0.29) is 11.9 Å². The van der Waals surface area contributed by atoms with Gasteiger partial charge in [0.15, 0.2) is 5.01 Å². The second-order valence-corrected chi connectivity index (χ2v) is 3.23. The topological polar surface area (TPSA) is 42.0 Å². The zero-order chi connectivity index (χ0) is 8.97. The van der Waals surface area contributed by atoms with E-state index in [1.165, 1.54) is 11.3 Å². The Kier molecular flexibility index (Phi) is 2.99. The van der Waals surface area contributed by atoms with Gasteiger partial charge in [-0.05, 0) is 6.92 Å². The molecule has 0 aliphatic rings. The molecular weight excluding hydrogens is 172 g/mol. The highest BCUT2D eigenvalue weighted by Crippen LogP contribution is 2.03. The Labute approximate surface area is 75.1 Å². The van der Waals surface area contributed by atoms with E-state index in [2.05, 4.69) is 16.9 Å². The van der Waals surface area contributed by atoms with Crippen LogP contribution in [-0.2, 0) is 0 Å². The lowest BCUT2D eigenvalue weighted by molar-refractivity contribution is 0.0946. The van der Waals surface area contributed by atoms with Crippen molar-refractivity contribution in [3.8, 4) is 0 Å². The number of aromatic nitrogens is 1. The molecule has 0 spiro atoms. The molecule has 1 unspecified atom stereocenters. The number of rotatable bonds is 3. The summed E-state index contributed by atoms with van der Waals surface area (Å²) in [5.74, 6) is -0.141.